The molecule has 6 nitrogen and oxygen atoms in total. The maximum atomic E-state index is 13.2. The molecule has 0 spiro atoms. The lowest BCUT2D eigenvalue weighted by Gasteiger charge is -2.13. The molecule has 2 heterocycles. The predicted octanol–water partition coefficient (Wildman–Crippen LogP) is 4.59. The standard InChI is InChI=1S/C22H21FN4O2S/c1-13-9-15(3)22-19(10-13)14(2)11-20(24-22)27-21(12-16(4)25-27)26-30(28,29)18-7-5-17(23)6-8-18/h5-12,26H,1-4H3. The molecule has 154 valence electrons. The van der Waals surface area contributed by atoms with Gasteiger partial charge in [-0.2, -0.15) is 9.78 Å². The van der Waals surface area contributed by atoms with Crippen LogP contribution < -0.4 is 4.72 Å². The quantitative estimate of drug-likeness (QED) is 0.520. The number of nitrogens with one attached hydrogen (secondary N) is 1. The summed E-state index contributed by atoms with van der Waals surface area (Å²) in [6.45, 7) is 7.80. The molecule has 0 saturated carbocycles. The van der Waals surface area contributed by atoms with Crippen molar-refractivity contribution in [3.8, 4) is 5.82 Å². The molecule has 0 fully saturated rings. The van der Waals surface area contributed by atoms with Crippen LogP contribution in [0.4, 0.5) is 10.2 Å². The molecule has 2 aromatic carbocycles. The molecular weight excluding hydrogens is 403 g/mol. The van der Waals surface area contributed by atoms with Gasteiger partial charge in [0, 0.05) is 11.5 Å². The Hall–Kier alpha value is -3.26. The number of anilines is 1. The van der Waals surface area contributed by atoms with Gasteiger partial charge in [-0.25, -0.2) is 17.8 Å². The van der Waals surface area contributed by atoms with Crippen LogP contribution in [0.2, 0.25) is 0 Å². The third kappa shape index (κ3) is 3.66. The van der Waals surface area contributed by atoms with Gasteiger partial charge in [0.05, 0.1) is 16.1 Å². The van der Waals surface area contributed by atoms with E-state index in [9.17, 15) is 12.8 Å². The second-order valence-electron chi connectivity index (χ2n) is 7.42. The third-order valence-electron chi connectivity index (χ3n) is 4.85. The number of benzene rings is 2. The Morgan fingerprint density at radius 3 is 2.33 bits per heavy atom. The van der Waals surface area contributed by atoms with Crippen molar-refractivity contribution in [2.75, 3.05) is 4.72 Å². The minimum absolute atomic E-state index is 0.0386. The molecule has 4 rings (SSSR count). The van der Waals surface area contributed by atoms with Gasteiger partial charge in [-0.15, -0.1) is 0 Å². The summed E-state index contributed by atoms with van der Waals surface area (Å²) in [7, 11) is -3.92. The molecule has 0 bridgehead atoms. The van der Waals surface area contributed by atoms with Gasteiger partial charge in [-0.3, -0.25) is 4.72 Å². The topological polar surface area (TPSA) is 76.9 Å². The number of hydrogen-bond acceptors (Lipinski definition) is 4. The van der Waals surface area contributed by atoms with Crippen molar-refractivity contribution in [1.29, 1.82) is 0 Å². The summed E-state index contributed by atoms with van der Waals surface area (Å²) < 4.78 is 42.8. The Bertz CT molecular complexity index is 1380. The molecule has 0 radical (unpaired) electrons. The van der Waals surface area contributed by atoms with Crippen molar-refractivity contribution in [3.63, 3.8) is 0 Å². The average Bonchev–Trinajstić information content (AvgIpc) is 3.02. The fourth-order valence-electron chi connectivity index (χ4n) is 3.49. The fraction of sp³-hybridized carbons (Fsp3) is 0.182. The van der Waals surface area contributed by atoms with Crippen molar-refractivity contribution in [2.24, 2.45) is 0 Å². The second-order valence-corrected chi connectivity index (χ2v) is 9.10. The van der Waals surface area contributed by atoms with Crippen LogP contribution in [-0.4, -0.2) is 23.2 Å². The summed E-state index contributed by atoms with van der Waals surface area (Å²) >= 11 is 0. The molecule has 1 N–H and O–H groups in total. The highest BCUT2D eigenvalue weighted by Crippen LogP contribution is 2.26. The van der Waals surface area contributed by atoms with Gasteiger partial charge in [0.2, 0.25) is 0 Å². The summed E-state index contributed by atoms with van der Waals surface area (Å²) in [6, 6.07) is 12.3. The molecule has 4 aromatic rings. The largest absolute Gasteiger partial charge is 0.263 e. The van der Waals surface area contributed by atoms with E-state index in [0.29, 0.717) is 11.5 Å². The van der Waals surface area contributed by atoms with Crippen LogP contribution >= 0.6 is 0 Å². The monoisotopic (exact) mass is 424 g/mol. The fourth-order valence-corrected chi connectivity index (χ4v) is 4.53. The van der Waals surface area contributed by atoms with Gasteiger partial charge in [0.15, 0.2) is 5.82 Å². The van der Waals surface area contributed by atoms with Crippen LogP contribution in [0.5, 0.6) is 0 Å². The summed E-state index contributed by atoms with van der Waals surface area (Å²) in [4.78, 5) is 4.71. The first kappa shape index (κ1) is 20.0. The molecule has 0 amide bonds. The number of sulfonamides is 1. The Balaban J connectivity index is 1.82. The van der Waals surface area contributed by atoms with E-state index in [2.05, 4.69) is 22.0 Å². The number of rotatable bonds is 4. The minimum atomic E-state index is -3.92. The van der Waals surface area contributed by atoms with Crippen LogP contribution in [-0.2, 0) is 10.0 Å². The molecule has 8 heteroatoms. The van der Waals surface area contributed by atoms with Gasteiger partial charge in [-0.05, 0) is 75.2 Å². The van der Waals surface area contributed by atoms with Gasteiger partial charge in [0.25, 0.3) is 10.0 Å². The van der Waals surface area contributed by atoms with Crippen LogP contribution in [0.3, 0.4) is 0 Å². The Morgan fingerprint density at radius 2 is 1.63 bits per heavy atom. The molecule has 0 atom stereocenters. The van der Waals surface area contributed by atoms with E-state index in [-0.39, 0.29) is 10.7 Å². The lowest BCUT2D eigenvalue weighted by atomic mass is 10.0. The van der Waals surface area contributed by atoms with E-state index < -0.39 is 15.8 Å². The number of hydrogen-bond donors (Lipinski definition) is 1. The molecule has 0 unspecified atom stereocenters. The predicted molar refractivity (Wildman–Crippen MR) is 115 cm³/mol. The van der Waals surface area contributed by atoms with Crippen LogP contribution in [0.1, 0.15) is 22.4 Å². The van der Waals surface area contributed by atoms with Crippen molar-refractivity contribution in [1.82, 2.24) is 14.8 Å². The second kappa shape index (κ2) is 7.21. The molecule has 0 aliphatic heterocycles. The maximum Gasteiger partial charge on any atom is 0.263 e. The van der Waals surface area contributed by atoms with E-state index in [1.54, 1.807) is 13.0 Å². The Kier molecular flexibility index (Phi) is 4.82. The average molecular weight is 425 g/mol. The van der Waals surface area contributed by atoms with E-state index in [0.717, 1.165) is 39.7 Å². The number of aromatic nitrogens is 3. The summed E-state index contributed by atoms with van der Waals surface area (Å²) in [5, 5.41) is 5.48. The number of pyridine rings is 1. The van der Waals surface area contributed by atoms with Gasteiger partial charge < -0.3 is 0 Å². The molecule has 30 heavy (non-hydrogen) atoms. The molecule has 2 aromatic heterocycles. The Labute approximate surface area is 174 Å². The van der Waals surface area contributed by atoms with Crippen molar-refractivity contribution in [2.45, 2.75) is 32.6 Å². The van der Waals surface area contributed by atoms with Crippen molar-refractivity contribution >= 4 is 26.7 Å². The van der Waals surface area contributed by atoms with Crippen LogP contribution in [0.25, 0.3) is 16.7 Å². The summed E-state index contributed by atoms with van der Waals surface area (Å²) in [6.07, 6.45) is 0. The first-order chi connectivity index (χ1) is 14.1. The molecule has 0 aliphatic carbocycles. The van der Waals surface area contributed by atoms with E-state index in [1.165, 1.54) is 16.8 Å². The first-order valence-electron chi connectivity index (χ1n) is 9.38. The zero-order valence-corrected chi connectivity index (χ0v) is 17.9. The van der Waals surface area contributed by atoms with Gasteiger partial charge in [-0.1, -0.05) is 11.6 Å². The number of nitrogens with zero attached hydrogens (tertiary/aromatic N) is 3. The highest BCUT2D eigenvalue weighted by Gasteiger charge is 2.19. The smallest absolute Gasteiger partial charge is 0.263 e. The Morgan fingerprint density at radius 1 is 0.933 bits per heavy atom. The summed E-state index contributed by atoms with van der Waals surface area (Å²) in [5.41, 5.74) is 4.68. The zero-order chi connectivity index (χ0) is 21.6. The van der Waals surface area contributed by atoms with E-state index in [4.69, 9.17) is 4.98 Å². The number of halogens is 1. The molecule has 0 aliphatic rings. The first-order valence-corrected chi connectivity index (χ1v) is 10.9. The van der Waals surface area contributed by atoms with Crippen molar-refractivity contribution in [3.05, 3.63) is 76.7 Å². The van der Waals surface area contributed by atoms with Crippen LogP contribution in [0, 0.1) is 33.5 Å². The third-order valence-corrected chi connectivity index (χ3v) is 6.22. The van der Waals surface area contributed by atoms with Crippen LogP contribution in [0.15, 0.2) is 53.4 Å². The number of fused-ring (bicyclic) bond motifs is 1. The van der Waals surface area contributed by atoms with E-state index in [1.807, 2.05) is 26.8 Å². The van der Waals surface area contributed by atoms with E-state index >= 15 is 0 Å². The normalized spacial score (nSPS) is 11.8. The van der Waals surface area contributed by atoms with Gasteiger partial charge in [0.1, 0.15) is 11.6 Å². The highest BCUT2D eigenvalue weighted by atomic mass is 32.2. The zero-order valence-electron chi connectivity index (χ0n) is 17.1. The molecular formula is C22H21FN4O2S. The highest BCUT2D eigenvalue weighted by molar-refractivity contribution is 7.92. The van der Waals surface area contributed by atoms with Gasteiger partial charge >= 0.3 is 0 Å². The maximum absolute atomic E-state index is 13.2. The minimum Gasteiger partial charge on any atom is -0.263 e. The number of aryl methyl sites for hydroxylation is 4. The lowest BCUT2D eigenvalue weighted by Crippen LogP contribution is -2.16. The molecule has 0 saturated heterocycles. The SMILES string of the molecule is Cc1cc(C)c2nc(-n3nc(C)cc3NS(=O)(=O)c3ccc(F)cc3)cc(C)c2c1. The lowest BCUT2D eigenvalue weighted by molar-refractivity contribution is 0.599. The van der Waals surface area contributed by atoms with Crippen molar-refractivity contribution < 1.29 is 12.8 Å². The summed E-state index contributed by atoms with van der Waals surface area (Å²) in [5.74, 6) is 0.265.